The van der Waals surface area contributed by atoms with Crippen LogP contribution in [0.1, 0.15) is 5.56 Å². The lowest BCUT2D eigenvalue weighted by Crippen LogP contribution is -2.19. The minimum Gasteiger partial charge on any atom is -0.497 e. The van der Waals surface area contributed by atoms with Gasteiger partial charge in [0.15, 0.2) is 0 Å². The van der Waals surface area contributed by atoms with Crippen molar-refractivity contribution in [2.24, 2.45) is 0 Å². The van der Waals surface area contributed by atoms with Crippen LogP contribution in [0.3, 0.4) is 0 Å². The molecule has 0 saturated heterocycles. The molecule has 6 nitrogen and oxygen atoms in total. The van der Waals surface area contributed by atoms with Crippen LogP contribution in [-0.4, -0.2) is 24.1 Å². The van der Waals surface area contributed by atoms with Crippen LogP contribution in [0.25, 0.3) is 0 Å². The van der Waals surface area contributed by atoms with Crippen molar-refractivity contribution in [3.63, 3.8) is 0 Å². The molecule has 0 aliphatic carbocycles. The Labute approximate surface area is 130 Å². The highest BCUT2D eigenvalue weighted by atomic mass is 79.9. The molecule has 1 heterocycles. The maximum Gasteiger partial charge on any atom is 0.312 e. The zero-order chi connectivity index (χ0) is 15.4. The van der Waals surface area contributed by atoms with Crippen molar-refractivity contribution in [3.8, 4) is 5.75 Å². The van der Waals surface area contributed by atoms with Gasteiger partial charge in [-0.15, -0.1) is 0 Å². The molecule has 0 bridgehead atoms. The first-order valence-corrected chi connectivity index (χ1v) is 6.94. The number of aromatic nitrogens is 1. The lowest BCUT2D eigenvalue weighted by atomic mass is 10.2. The normalized spacial score (nSPS) is 10.2. The quantitative estimate of drug-likeness (QED) is 0.609. The van der Waals surface area contributed by atoms with Crippen LogP contribution < -0.4 is 9.64 Å². The fourth-order valence-corrected chi connectivity index (χ4v) is 2.25. The number of ether oxygens (including phenoxy) is 1. The first kappa shape index (κ1) is 15.2. The molecule has 0 atom stereocenters. The molecular formula is C14H14BrN3O3. The molecule has 0 aliphatic rings. The summed E-state index contributed by atoms with van der Waals surface area (Å²) in [5.41, 5.74) is 0.984. The van der Waals surface area contributed by atoms with Gasteiger partial charge in [-0.05, 0) is 33.6 Å². The van der Waals surface area contributed by atoms with Gasteiger partial charge in [-0.3, -0.25) is 10.1 Å². The van der Waals surface area contributed by atoms with Crippen molar-refractivity contribution in [1.29, 1.82) is 0 Å². The molecule has 1 aromatic heterocycles. The largest absolute Gasteiger partial charge is 0.497 e. The molecule has 2 rings (SSSR count). The number of anilines is 1. The summed E-state index contributed by atoms with van der Waals surface area (Å²) in [5, 5.41) is 11.1. The second-order valence-corrected chi connectivity index (χ2v) is 5.37. The highest BCUT2D eigenvalue weighted by molar-refractivity contribution is 9.10. The molecule has 0 spiro atoms. The monoisotopic (exact) mass is 351 g/mol. The standard InChI is InChI=1S/C14H14BrN3O3/c1-17(9-10-3-5-12(21-2)6-4-10)14-13(18(19)20)7-11(15)8-16-14/h3-8H,9H2,1-2H3. The summed E-state index contributed by atoms with van der Waals surface area (Å²) in [6.07, 6.45) is 1.55. The summed E-state index contributed by atoms with van der Waals surface area (Å²) in [7, 11) is 3.38. The average Bonchev–Trinajstić information content (AvgIpc) is 2.47. The van der Waals surface area contributed by atoms with Gasteiger partial charge in [0.25, 0.3) is 0 Å². The van der Waals surface area contributed by atoms with Gasteiger partial charge in [-0.2, -0.15) is 0 Å². The third-order valence-electron chi connectivity index (χ3n) is 2.95. The van der Waals surface area contributed by atoms with E-state index in [0.717, 1.165) is 11.3 Å². The van der Waals surface area contributed by atoms with E-state index in [-0.39, 0.29) is 5.69 Å². The number of halogens is 1. The number of nitrogens with zero attached hydrogens (tertiary/aromatic N) is 3. The molecule has 0 radical (unpaired) electrons. The Morgan fingerprint density at radius 2 is 2.05 bits per heavy atom. The molecule has 110 valence electrons. The van der Waals surface area contributed by atoms with Gasteiger partial charge in [-0.25, -0.2) is 4.98 Å². The van der Waals surface area contributed by atoms with E-state index in [9.17, 15) is 10.1 Å². The smallest absolute Gasteiger partial charge is 0.312 e. The molecule has 0 fully saturated rings. The number of hydrogen-bond donors (Lipinski definition) is 0. The van der Waals surface area contributed by atoms with Gasteiger partial charge in [0.2, 0.25) is 5.82 Å². The van der Waals surface area contributed by atoms with Gasteiger partial charge in [0, 0.05) is 30.3 Å². The fourth-order valence-electron chi connectivity index (χ4n) is 1.93. The maximum absolute atomic E-state index is 11.1. The minimum atomic E-state index is -0.433. The van der Waals surface area contributed by atoms with E-state index in [1.54, 1.807) is 25.3 Å². The van der Waals surface area contributed by atoms with E-state index in [1.165, 1.54) is 6.07 Å². The van der Waals surface area contributed by atoms with E-state index in [1.807, 2.05) is 24.3 Å². The summed E-state index contributed by atoms with van der Waals surface area (Å²) >= 11 is 3.20. The van der Waals surface area contributed by atoms with Crippen molar-refractivity contribution >= 4 is 27.4 Å². The van der Waals surface area contributed by atoms with Gasteiger partial charge < -0.3 is 9.64 Å². The highest BCUT2D eigenvalue weighted by Crippen LogP contribution is 2.28. The van der Waals surface area contributed by atoms with E-state index in [2.05, 4.69) is 20.9 Å². The Balaban J connectivity index is 2.23. The third kappa shape index (κ3) is 3.69. The lowest BCUT2D eigenvalue weighted by molar-refractivity contribution is -0.384. The van der Waals surface area contributed by atoms with Gasteiger partial charge in [0.05, 0.1) is 12.0 Å². The number of hydrogen-bond acceptors (Lipinski definition) is 5. The molecule has 0 aliphatic heterocycles. The van der Waals surface area contributed by atoms with E-state index in [4.69, 9.17) is 4.74 Å². The van der Waals surface area contributed by atoms with Crippen LogP contribution in [0.5, 0.6) is 5.75 Å². The first-order valence-electron chi connectivity index (χ1n) is 6.15. The number of methoxy groups -OCH3 is 1. The fraction of sp³-hybridized carbons (Fsp3) is 0.214. The molecule has 2 aromatic rings. The van der Waals surface area contributed by atoms with E-state index < -0.39 is 4.92 Å². The Morgan fingerprint density at radius 1 is 1.38 bits per heavy atom. The predicted molar refractivity (Wildman–Crippen MR) is 83.7 cm³/mol. The molecule has 7 heteroatoms. The van der Waals surface area contributed by atoms with Crippen molar-refractivity contribution in [2.45, 2.75) is 6.54 Å². The predicted octanol–water partition coefficient (Wildman–Crippen LogP) is 3.40. The molecule has 0 saturated carbocycles. The maximum atomic E-state index is 11.1. The summed E-state index contributed by atoms with van der Waals surface area (Å²) in [6.45, 7) is 0.513. The average molecular weight is 352 g/mol. The van der Waals surface area contributed by atoms with Crippen LogP contribution >= 0.6 is 15.9 Å². The van der Waals surface area contributed by atoms with E-state index >= 15 is 0 Å². The highest BCUT2D eigenvalue weighted by Gasteiger charge is 2.19. The molecule has 0 amide bonds. The van der Waals surface area contributed by atoms with Crippen molar-refractivity contribution in [2.75, 3.05) is 19.1 Å². The SMILES string of the molecule is COc1ccc(CN(C)c2ncc(Br)cc2[N+](=O)[O-])cc1. The third-order valence-corrected chi connectivity index (χ3v) is 3.38. The number of rotatable bonds is 5. The zero-order valence-corrected chi connectivity index (χ0v) is 13.2. The second-order valence-electron chi connectivity index (χ2n) is 4.46. The Kier molecular flexibility index (Phi) is 4.74. The molecule has 1 aromatic carbocycles. The summed E-state index contributed by atoms with van der Waals surface area (Å²) in [4.78, 5) is 16.6. The van der Waals surface area contributed by atoms with E-state index in [0.29, 0.717) is 16.8 Å². The van der Waals surface area contributed by atoms with Crippen LogP contribution in [0.2, 0.25) is 0 Å². The Morgan fingerprint density at radius 3 is 2.62 bits per heavy atom. The molecule has 0 N–H and O–H groups in total. The van der Waals surface area contributed by atoms with Crippen LogP contribution in [0.15, 0.2) is 41.0 Å². The topological polar surface area (TPSA) is 68.5 Å². The second kappa shape index (κ2) is 6.53. The van der Waals surface area contributed by atoms with Crippen LogP contribution in [0, 0.1) is 10.1 Å². The number of benzene rings is 1. The molecule has 21 heavy (non-hydrogen) atoms. The Bertz CT molecular complexity index is 646. The zero-order valence-electron chi connectivity index (χ0n) is 11.6. The summed E-state index contributed by atoms with van der Waals surface area (Å²) in [6, 6.07) is 8.99. The molecular weight excluding hydrogens is 338 g/mol. The summed E-state index contributed by atoms with van der Waals surface area (Å²) < 4.78 is 5.68. The van der Waals surface area contributed by atoms with Gasteiger partial charge in [0.1, 0.15) is 5.75 Å². The number of nitro groups is 1. The summed E-state index contributed by atoms with van der Waals surface area (Å²) in [5.74, 6) is 1.10. The van der Waals surface area contributed by atoms with Crippen LogP contribution in [0.4, 0.5) is 11.5 Å². The van der Waals surface area contributed by atoms with Crippen molar-refractivity contribution < 1.29 is 9.66 Å². The first-order chi connectivity index (χ1) is 10.0. The van der Waals surface area contributed by atoms with Crippen LogP contribution in [-0.2, 0) is 6.54 Å². The molecule has 0 unspecified atom stereocenters. The van der Waals surface area contributed by atoms with Gasteiger partial charge in [-0.1, -0.05) is 12.1 Å². The Hall–Kier alpha value is -2.15. The van der Waals surface area contributed by atoms with Crippen molar-refractivity contribution in [3.05, 3.63) is 56.7 Å². The minimum absolute atomic E-state index is 0.0274. The van der Waals surface area contributed by atoms with Crippen molar-refractivity contribution in [1.82, 2.24) is 4.98 Å². The lowest BCUT2D eigenvalue weighted by Gasteiger charge is -2.18. The van der Waals surface area contributed by atoms with Gasteiger partial charge >= 0.3 is 5.69 Å². The number of pyridine rings is 1.